The number of carbonyl (C=O) groups is 2. The summed E-state index contributed by atoms with van der Waals surface area (Å²) >= 11 is 0. The summed E-state index contributed by atoms with van der Waals surface area (Å²) in [6, 6.07) is 5.50. The highest BCUT2D eigenvalue weighted by molar-refractivity contribution is 5.93. The fourth-order valence-electron chi connectivity index (χ4n) is 3.48. The quantitative estimate of drug-likeness (QED) is 0.618. The summed E-state index contributed by atoms with van der Waals surface area (Å²) in [6.07, 6.45) is 5.37. The van der Waals surface area contributed by atoms with Crippen LogP contribution < -0.4 is 5.73 Å². The molecule has 3 aromatic heterocycles. The third-order valence-corrected chi connectivity index (χ3v) is 5.18. The van der Waals surface area contributed by atoms with E-state index < -0.39 is 0 Å². The van der Waals surface area contributed by atoms with Crippen molar-refractivity contribution >= 4 is 18.2 Å². The van der Waals surface area contributed by atoms with Gasteiger partial charge in [0.05, 0.1) is 11.8 Å². The lowest BCUT2D eigenvalue weighted by molar-refractivity contribution is -0.122. The molecule has 3 N–H and O–H groups in total. The zero-order valence-corrected chi connectivity index (χ0v) is 16.9. The highest BCUT2D eigenvalue weighted by Gasteiger charge is 2.29. The van der Waals surface area contributed by atoms with Crippen molar-refractivity contribution in [2.24, 2.45) is 13.0 Å². The van der Waals surface area contributed by atoms with E-state index in [-0.39, 0.29) is 12.4 Å². The van der Waals surface area contributed by atoms with Crippen LogP contribution in [0.15, 0.2) is 35.1 Å². The van der Waals surface area contributed by atoms with Gasteiger partial charge in [0.2, 0.25) is 0 Å². The van der Waals surface area contributed by atoms with Crippen LogP contribution >= 0.6 is 0 Å². The van der Waals surface area contributed by atoms with Gasteiger partial charge in [-0.05, 0) is 37.3 Å². The highest BCUT2D eigenvalue weighted by Crippen LogP contribution is 2.26. The largest absolute Gasteiger partial charge is 0.483 e. The van der Waals surface area contributed by atoms with E-state index >= 15 is 0 Å². The van der Waals surface area contributed by atoms with Gasteiger partial charge in [-0.1, -0.05) is 11.2 Å². The standard InChI is InChI=1S/C19H22N6O2.CH2O2/c1-12-15(10-22-24(12)2)17-8-16(23-27-17)19(26)25-6-5-14(11-25)7-13-3-4-18(20)21-9-13;2-1-3/h3-4,8-10,14H,5-7,11H2,1-2H3,(H2,20,21);1H,(H,2,3). The highest BCUT2D eigenvalue weighted by atomic mass is 16.5. The van der Waals surface area contributed by atoms with Crippen molar-refractivity contribution in [3.8, 4) is 11.3 Å². The molecule has 1 fully saturated rings. The number of pyridine rings is 1. The molecule has 1 aliphatic heterocycles. The summed E-state index contributed by atoms with van der Waals surface area (Å²) in [6.45, 7) is 3.13. The number of aryl methyl sites for hydroxylation is 1. The lowest BCUT2D eigenvalue weighted by Crippen LogP contribution is -2.29. The number of rotatable bonds is 4. The number of anilines is 1. The first kappa shape index (κ1) is 21.0. The van der Waals surface area contributed by atoms with Gasteiger partial charge in [-0.2, -0.15) is 5.10 Å². The van der Waals surface area contributed by atoms with Gasteiger partial charge in [-0.3, -0.25) is 14.3 Å². The van der Waals surface area contributed by atoms with Gasteiger partial charge in [-0.15, -0.1) is 0 Å². The lowest BCUT2D eigenvalue weighted by Gasteiger charge is -2.14. The molecule has 0 bridgehead atoms. The van der Waals surface area contributed by atoms with Crippen LogP contribution in [0.3, 0.4) is 0 Å². The molecule has 1 unspecified atom stereocenters. The minimum absolute atomic E-state index is 0.0931. The molecule has 4 heterocycles. The summed E-state index contributed by atoms with van der Waals surface area (Å²) in [5.74, 6) is 1.40. The predicted molar refractivity (Wildman–Crippen MR) is 108 cm³/mol. The third-order valence-electron chi connectivity index (χ3n) is 5.18. The van der Waals surface area contributed by atoms with Crippen molar-refractivity contribution in [3.63, 3.8) is 0 Å². The molecule has 0 aliphatic carbocycles. The van der Waals surface area contributed by atoms with Crippen molar-refractivity contribution in [2.45, 2.75) is 19.8 Å². The summed E-state index contributed by atoms with van der Waals surface area (Å²) in [5, 5.41) is 15.1. The molecule has 0 spiro atoms. The van der Waals surface area contributed by atoms with Crippen molar-refractivity contribution in [3.05, 3.63) is 47.5 Å². The first-order valence-corrected chi connectivity index (χ1v) is 9.46. The van der Waals surface area contributed by atoms with Gasteiger partial charge in [0, 0.05) is 38.1 Å². The maximum atomic E-state index is 12.8. The number of nitrogens with zero attached hydrogens (tertiary/aromatic N) is 5. The Kier molecular flexibility index (Phi) is 6.45. The molecule has 3 aromatic rings. The number of nitrogens with two attached hydrogens (primary N) is 1. The van der Waals surface area contributed by atoms with Crippen LogP contribution in [0.2, 0.25) is 0 Å². The van der Waals surface area contributed by atoms with E-state index in [1.807, 2.05) is 31.0 Å². The first-order chi connectivity index (χ1) is 14.4. The molecule has 0 radical (unpaired) electrons. The van der Waals surface area contributed by atoms with E-state index in [0.29, 0.717) is 29.7 Å². The van der Waals surface area contributed by atoms with Crippen molar-refractivity contribution in [2.75, 3.05) is 18.8 Å². The summed E-state index contributed by atoms with van der Waals surface area (Å²) in [5.41, 5.74) is 8.91. The molecule has 1 saturated heterocycles. The van der Waals surface area contributed by atoms with Crippen LogP contribution in [0.5, 0.6) is 0 Å². The Morgan fingerprint density at radius 2 is 2.17 bits per heavy atom. The number of carboxylic acid groups (broad SMARTS) is 1. The Bertz CT molecular complexity index is 1010. The number of nitrogen functional groups attached to an aromatic ring is 1. The van der Waals surface area contributed by atoms with Gasteiger partial charge in [0.1, 0.15) is 5.82 Å². The Morgan fingerprint density at radius 3 is 2.80 bits per heavy atom. The van der Waals surface area contributed by atoms with Crippen LogP contribution in [0.4, 0.5) is 5.82 Å². The third kappa shape index (κ3) is 4.65. The van der Waals surface area contributed by atoms with E-state index in [2.05, 4.69) is 15.2 Å². The Hall–Kier alpha value is -3.69. The number of hydrogen-bond donors (Lipinski definition) is 2. The van der Waals surface area contributed by atoms with E-state index in [0.717, 1.165) is 36.2 Å². The molecule has 10 heteroatoms. The molecule has 1 aliphatic rings. The van der Waals surface area contributed by atoms with Gasteiger partial charge in [0.15, 0.2) is 11.5 Å². The zero-order valence-electron chi connectivity index (χ0n) is 16.9. The number of amides is 1. The van der Waals surface area contributed by atoms with Crippen LogP contribution in [0.1, 0.15) is 28.2 Å². The van der Waals surface area contributed by atoms with Crippen molar-refractivity contribution in [1.82, 2.24) is 24.8 Å². The van der Waals surface area contributed by atoms with E-state index in [1.165, 1.54) is 0 Å². The number of aromatic nitrogens is 4. The zero-order chi connectivity index (χ0) is 21.7. The summed E-state index contributed by atoms with van der Waals surface area (Å²) < 4.78 is 7.15. The van der Waals surface area contributed by atoms with Crippen LogP contribution in [-0.2, 0) is 18.3 Å². The molecule has 0 aromatic carbocycles. The van der Waals surface area contributed by atoms with Crippen LogP contribution in [-0.4, -0.2) is 55.4 Å². The van der Waals surface area contributed by atoms with Crippen molar-refractivity contribution < 1.29 is 19.2 Å². The molecular formula is C20H24N6O4. The summed E-state index contributed by atoms with van der Waals surface area (Å²) in [4.78, 5) is 27.1. The minimum atomic E-state index is -0.250. The first-order valence-electron chi connectivity index (χ1n) is 9.46. The van der Waals surface area contributed by atoms with Crippen LogP contribution in [0.25, 0.3) is 11.3 Å². The fourth-order valence-corrected chi connectivity index (χ4v) is 3.48. The monoisotopic (exact) mass is 412 g/mol. The second kappa shape index (κ2) is 9.21. The minimum Gasteiger partial charge on any atom is -0.483 e. The second-order valence-corrected chi connectivity index (χ2v) is 7.15. The molecule has 10 nitrogen and oxygen atoms in total. The maximum absolute atomic E-state index is 12.8. The molecule has 158 valence electrons. The molecule has 1 atom stereocenters. The Morgan fingerprint density at radius 1 is 1.40 bits per heavy atom. The average molecular weight is 412 g/mol. The SMILES string of the molecule is Cc1c(-c2cc(C(=O)N3CCC(Cc4ccc(N)nc4)C3)no2)cnn1C.O=CO. The number of carbonyl (C=O) groups excluding carboxylic acids is 1. The summed E-state index contributed by atoms with van der Waals surface area (Å²) in [7, 11) is 1.86. The molecule has 0 saturated carbocycles. The van der Waals surface area contributed by atoms with Gasteiger partial charge >= 0.3 is 0 Å². The van der Waals surface area contributed by atoms with E-state index in [1.54, 1.807) is 23.1 Å². The van der Waals surface area contributed by atoms with Gasteiger partial charge in [0.25, 0.3) is 12.4 Å². The topological polar surface area (TPSA) is 140 Å². The fraction of sp³-hybridized carbons (Fsp3) is 0.350. The van der Waals surface area contributed by atoms with Gasteiger partial charge in [-0.25, -0.2) is 4.98 Å². The average Bonchev–Trinajstić information content (AvgIpc) is 3.46. The van der Waals surface area contributed by atoms with Crippen LogP contribution in [0, 0.1) is 12.8 Å². The second-order valence-electron chi connectivity index (χ2n) is 7.15. The Balaban J connectivity index is 0.000000806. The molecule has 30 heavy (non-hydrogen) atoms. The van der Waals surface area contributed by atoms with E-state index in [4.69, 9.17) is 20.2 Å². The lowest BCUT2D eigenvalue weighted by atomic mass is 10.00. The van der Waals surface area contributed by atoms with Gasteiger partial charge < -0.3 is 20.3 Å². The molecule has 4 rings (SSSR count). The van der Waals surface area contributed by atoms with E-state index in [9.17, 15) is 4.79 Å². The number of hydrogen-bond acceptors (Lipinski definition) is 7. The van der Waals surface area contributed by atoms with Crippen molar-refractivity contribution in [1.29, 1.82) is 0 Å². The number of likely N-dealkylation sites (tertiary alicyclic amines) is 1. The normalized spacial score (nSPS) is 15.5. The maximum Gasteiger partial charge on any atom is 0.290 e. The Labute approximate surface area is 173 Å². The predicted octanol–water partition coefficient (Wildman–Crippen LogP) is 1.77. The molecule has 1 amide bonds. The smallest absolute Gasteiger partial charge is 0.290 e. The molecular weight excluding hydrogens is 388 g/mol.